The van der Waals surface area contributed by atoms with Crippen molar-refractivity contribution in [1.29, 1.82) is 0 Å². The highest BCUT2D eigenvalue weighted by atomic mass is 32.1. The molecule has 0 bridgehead atoms. The van der Waals surface area contributed by atoms with Crippen LogP contribution in [0, 0.1) is 4.64 Å². The molecule has 0 unspecified atom stereocenters. The third-order valence-electron chi connectivity index (χ3n) is 1.34. The van der Waals surface area contributed by atoms with Crippen LogP contribution in [-0.4, -0.2) is 15.0 Å². The summed E-state index contributed by atoms with van der Waals surface area (Å²) in [6.45, 7) is 0. The van der Waals surface area contributed by atoms with Crippen molar-refractivity contribution < 1.29 is 0 Å². The lowest BCUT2D eigenvalue weighted by atomic mass is 10.5. The normalized spacial score (nSPS) is 10.0. The molecule has 0 saturated heterocycles. The summed E-state index contributed by atoms with van der Waals surface area (Å²) in [5, 5.41) is 0. The van der Waals surface area contributed by atoms with Gasteiger partial charge >= 0.3 is 0 Å². The average molecular weight is 195 g/mol. The maximum absolute atomic E-state index is 4.96. The van der Waals surface area contributed by atoms with Crippen molar-refractivity contribution in [3.8, 4) is 10.7 Å². The van der Waals surface area contributed by atoms with Gasteiger partial charge in [0.15, 0.2) is 0 Å². The lowest BCUT2D eigenvalue weighted by molar-refractivity contribution is 1.17. The largest absolute Gasteiger partial charge is 0.330 e. The second-order valence-corrected chi connectivity index (χ2v) is 3.47. The van der Waals surface area contributed by atoms with Crippen molar-refractivity contribution in [3.63, 3.8) is 0 Å². The van der Waals surface area contributed by atoms with E-state index >= 15 is 0 Å². The predicted octanol–water partition coefficient (Wildman–Crippen LogP) is 2.26. The molecule has 0 amide bonds. The van der Waals surface area contributed by atoms with Crippen LogP contribution in [0.25, 0.3) is 10.7 Å². The zero-order chi connectivity index (χ0) is 8.39. The quantitative estimate of drug-likeness (QED) is 0.710. The molecule has 60 valence electrons. The summed E-state index contributed by atoms with van der Waals surface area (Å²) in [5.74, 6) is 0.782. The first-order valence-corrected chi connectivity index (χ1v) is 4.59. The first-order valence-electron chi connectivity index (χ1n) is 3.30. The van der Waals surface area contributed by atoms with Crippen LogP contribution in [0.5, 0.6) is 0 Å². The molecule has 0 spiro atoms. The summed E-state index contributed by atoms with van der Waals surface area (Å²) >= 11 is 6.50. The zero-order valence-electron chi connectivity index (χ0n) is 6.02. The van der Waals surface area contributed by atoms with Crippen molar-refractivity contribution in [3.05, 3.63) is 28.6 Å². The Balaban J connectivity index is 2.55. The van der Waals surface area contributed by atoms with Crippen molar-refractivity contribution in [2.75, 3.05) is 0 Å². The van der Waals surface area contributed by atoms with E-state index in [9.17, 15) is 0 Å². The third-order valence-corrected chi connectivity index (χ3v) is 2.35. The molecule has 2 aromatic rings. The van der Waals surface area contributed by atoms with Gasteiger partial charge in [-0.15, -0.1) is 11.3 Å². The summed E-state index contributed by atoms with van der Waals surface area (Å²) in [4.78, 5) is 12.1. The van der Waals surface area contributed by atoms with Crippen molar-refractivity contribution in [2.24, 2.45) is 0 Å². The van der Waals surface area contributed by atoms with E-state index in [0.717, 1.165) is 10.7 Å². The van der Waals surface area contributed by atoms with E-state index in [4.69, 9.17) is 12.2 Å². The van der Waals surface area contributed by atoms with E-state index < -0.39 is 0 Å². The van der Waals surface area contributed by atoms with Gasteiger partial charge in [0, 0.05) is 12.4 Å². The first kappa shape index (κ1) is 7.57. The molecule has 12 heavy (non-hydrogen) atoms. The van der Waals surface area contributed by atoms with E-state index in [1.54, 1.807) is 24.0 Å². The van der Waals surface area contributed by atoms with Crippen LogP contribution in [0.15, 0.2) is 24.0 Å². The Morgan fingerprint density at radius 2 is 2.42 bits per heavy atom. The maximum Gasteiger partial charge on any atom is 0.149 e. The number of nitrogens with one attached hydrogen (secondary N) is 1. The summed E-state index contributed by atoms with van der Waals surface area (Å²) < 4.78 is 0.688. The van der Waals surface area contributed by atoms with Gasteiger partial charge in [0.2, 0.25) is 0 Å². The number of aromatic nitrogens is 3. The Labute approximate surface area is 78.1 Å². The maximum atomic E-state index is 4.96. The van der Waals surface area contributed by atoms with E-state index in [2.05, 4.69) is 15.0 Å². The molecular formula is C7H5N3S2. The molecule has 1 N–H and O–H groups in total. The molecule has 0 aliphatic heterocycles. The molecular weight excluding hydrogens is 190 g/mol. The number of hydrogen-bond donors (Lipinski definition) is 1. The van der Waals surface area contributed by atoms with E-state index in [-0.39, 0.29) is 0 Å². The molecule has 3 nitrogen and oxygen atoms in total. The number of nitrogens with zero attached hydrogens (tertiary/aromatic N) is 2. The highest BCUT2D eigenvalue weighted by molar-refractivity contribution is 7.71. The van der Waals surface area contributed by atoms with Crippen molar-refractivity contribution in [1.82, 2.24) is 15.0 Å². The van der Waals surface area contributed by atoms with Gasteiger partial charge in [0.05, 0.1) is 10.4 Å². The molecule has 0 aromatic carbocycles. The lowest BCUT2D eigenvalue weighted by Crippen LogP contribution is -1.84. The highest BCUT2D eigenvalue weighted by Gasteiger charge is 1.98. The first-order chi connectivity index (χ1) is 5.86. The molecule has 0 saturated carbocycles. The van der Waals surface area contributed by atoms with E-state index in [1.165, 1.54) is 11.3 Å². The minimum absolute atomic E-state index is 0.688. The van der Waals surface area contributed by atoms with E-state index in [0.29, 0.717) is 4.64 Å². The minimum atomic E-state index is 0.688. The minimum Gasteiger partial charge on any atom is -0.330 e. The average Bonchev–Trinajstić information content (AvgIpc) is 2.56. The zero-order valence-corrected chi connectivity index (χ0v) is 7.65. The standard InChI is InChI=1S/C7H5N3S2/c11-6-1-2-9-7(10-6)5-3-8-4-12-5/h1-4H,(H,9,10,11). The fraction of sp³-hybridized carbons (Fsp3) is 0. The second kappa shape index (κ2) is 3.12. The number of H-pyrrole nitrogens is 1. The van der Waals surface area contributed by atoms with Gasteiger partial charge in [-0.1, -0.05) is 12.2 Å². The molecule has 0 aliphatic rings. The molecule has 0 radical (unpaired) electrons. The smallest absolute Gasteiger partial charge is 0.149 e. The Morgan fingerprint density at radius 1 is 1.50 bits per heavy atom. The fourth-order valence-corrected chi connectivity index (χ4v) is 1.56. The van der Waals surface area contributed by atoms with Gasteiger partial charge in [-0.2, -0.15) is 0 Å². The van der Waals surface area contributed by atoms with Gasteiger partial charge in [0.1, 0.15) is 10.5 Å². The molecule has 0 fully saturated rings. The summed E-state index contributed by atoms with van der Waals surface area (Å²) in [5.41, 5.74) is 1.76. The monoisotopic (exact) mass is 195 g/mol. The van der Waals surface area contributed by atoms with Crippen LogP contribution < -0.4 is 0 Å². The van der Waals surface area contributed by atoms with Gasteiger partial charge in [-0.25, -0.2) is 4.98 Å². The summed E-state index contributed by atoms with van der Waals surface area (Å²) in [7, 11) is 0. The number of thiazole rings is 1. The molecule has 0 atom stereocenters. The van der Waals surface area contributed by atoms with Crippen molar-refractivity contribution >= 4 is 23.6 Å². The second-order valence-electron chi connectivity index (χ2n) is 2.15. The number of rotatable bonds is 1. The van der Waals surface area contributed by atoms with Crippen LogP contribution in [0.3, 0.4) is 0 Å². The molecule has 2 heterocycles. The fourth-order valence-electron chi connectivity index (χ4n) is 0.828. The van der Waals surface area contributed by atoms with Crippen LogP contribution in [0.2, 0.25) is 0 Å². The topological polar surface area (TPSA) is 41.6 Å². The Bertz CT molecular complexity index is 418. The Kier molecular flexibility index (Phi) is 1.97. The molecule has 2 aromatic heterocycles. The molecule has 2 rings (SSSR count). The van der Waals surface area contributed by atoms with Crippen LogP contribution in [-0.2, 0) is 0 Å². The highest BCUT2D eigenvalue weighted by Crippen LogP contribution is 2.17. The number of hydrogen-bond acceptors (Lipinski definition) is 4. The van der Waals surface area contributed by atoms with Crippen molar-refractivity contribution in [2.45, 2.75) is 0 Å². The van der Waals surface area contributed by atoms with Crippen LogP contribution in [0.4, 0.5) is 0 Å². The van der Waals surface area contributed by atoms with Crippen LogP contribution in [0.1, 0.15) is 0 Å². The predicted molar refractivity (Wildman–Crippen MR) is 50.5 cm³/mol. The summed E-state index contributed by atoms with van der Waals surface area (Å²) in [6.07, 6.45) is 3.45. The van der Waals surface area contributed by atoms with Gasteiger partial charge in [0.25, 0.3) is 0 Å². The summed E-state index contributed by atoms with van der Waals surface area (Å²) in [6, 6.07) is 1.75. The van der Waals surface area contributed by atoms with Crippen LogP contribution >= 0.6 is 23.6 Å². The van der Waals surface area contributed by atoms with Gasteiger partial charge < -0.3 is 4.98 Å². The van der Waals surface area contributed by atoms with Gasteiger partial charge in [-0.05, 0) is 6.07 Å². The Morgan fingerprint density at radius 3 is 3.08 bits per heavy atom. The SMILES string of the molecule is S=c1ccnc(-c2cncs2)[nH]1. The van der Waals surface area contributed by atoms with E-state index in [1.807, 2.05) is 0 Å². The molecule has 5 heteroatoms. The third kappa shape index (κ3) is 1.41. The van der Waals surface area contributed by atoms with Gasteiger partial charge in [-0.3, -0.25) is 4.98 Å². The Hall–Kier alpha value is -1.07. The number of aromatic amines is 1. The molecule has 0 aliphatic carbocycles. The lowest BCUT2D eigenvalue weighted by Gasteiger charge is -1.93.